The minimum Gasteiger partial charge on any atom is -0.453 e. The summed E-state index contributed by atoms with van der Waals surface area (Å²) in [6.45, 7) is 1.67. The zero-order valence-electron chi connectivity index (χ0n) is 19.2. The molecule has 0 saturated carbocycles. The first kappa shape index (κ1) is 29.4. The van der Waals surface area contributed by atoms with Gasteiger partial charge in [0.25, 0.3) is 6.29 Å². The van der Waals surface area contributed by atoms with Gasteiger partial charge in [0.1, 0.15) is 28.7 Å². The third kappa shape index (κ3) is 7.01. The lowest BCUT2D eigenvalue weighted by Crippen LogP contribution is -2.47. The van der Waals surface area contributed by atoms with E-state index < -0.39 is 70.7 Å². The van der Waals surface area contributed by atoms with Gasteiger partial charge in [-0.25, -0.2) is 17.6 Å². The van der Waals surface area contributed by atoms with E-state index in [9.17, 15) is 43.9 Å². The van der Waals surface area contributed by atoms with E-state index >= 15 is 0 Å². The fourth-order valence-electron chi connectivity index (χ4n) is 3.41. The van der Waals surface area contributed by atoms with Gasteiger partial charge in [0.15, 0.2) is 23.6 Å². The number of benzene rings is 2. The second-order valence-electron chi connectivity index (χ2n) is 7.94. The van der Waals surface area contributed by atoms with E-state index in [4.69, 9.17) is 9.47 Å². The Morgan fingerprint density at radius 2 is 1.37 bits per heavy atom. The van der Waals surface area contributed by atoms with Crippen LogP contribution in [0.2, 0.25) is 0 Å². The minimum atomic E-state index is -4.94. The molecule has 0 N–H and O–H groups in total. The first-order valence-corrected chi connectivity index (χ1v) is 10.8. The van der Waals surface area contributed by atoms with Crippen LogP contribution in [0.15, 0.2) is 36.6 Å². The Labute approximate surface area is 208 Å². The number of halogens is 10. The Kier molecular flexibility index (Phi) is 9.02. The van der Waals surface area contributed by atoms with Gasteiger partial charge in [-0.2, -0.15) is 26.3 Å². The summed E-state index contributed by atoms with van der Waals surface area (Å²) < 4.78 is 161. The summed E-state index contributed by atoms with van der Waals surface area (Å²) in [5, 5.41) is 0. The van der Waals surface area contributed by atoms with Crippen LogP contribution >= 0.6 is 0 Å². The molecule has 0 radical (unpaired) electrons. The number of rotatable bonds is 10. The molecule has 1 heterocycles. The highest BCUT2D eigenvalue weighted by Gasteiger charge is 2.48. The Morgan fingerprint density at radius 1 is 0.868 bits per heavy atom. The highest BCUT2D eigenvalue weighted by molar-refractivity contribution is 5.37. The monoisotopic (exact) mass is 564 g/mol. The third-order valence-corrected chi connectivity index (χ3v) is 4.98. The quantitative estimate of drug-likeness (QED) is 0.225. The highest BCUT2D eigenvalue weighted by atomic mass is 19.3. The summed E-state index contributed by atoms with van der Waals surface area (Å²) in [4.78, 5) is 0. The molecule has 1 saturated heterocycles. The summed E-state index contributed by atoms with van der Waals surface area (Å²) >= 11 is 0. The van der Waals surface area contributed by atoms with Gasteiger partial charge in [0.2, 0.25) is 0 Å². The Morgan fingerprint density at radius 3 is 1.87 bits per heavy atom. The molecule has 0 spiro atoms. The molecule has 38 heavy (non-hydrogen) atoms. The SMILES string of the molecule is CCCC1COC(C(F)(F)Oc2cc(F)c(C(F)(F)Oc3cc(F)c(OC=C(F)F)c(F)c3)c(F)c2)OC1. The van der Waals surface area contributed by atoms with Crippen LogP contribution < -0.4 is 14.2 Å². The number of alkyl halides is 4. The lowest BCUT2D eigenvalue weighted by Gasteiger charge is -2.33. The summed E-state index contributed by atoms with van der Waals surface area (Å²) in [6, 6.07) is 0.142. The van der Waals surface area contributed by atoms with Crippen LogP contribution in [-0.2, 0) is 15.6 Å². The van der Waals surface area contributed by atoms with E-state index in [0.717, 1.165) is 6.42 Å². The Hall–Kier alpha value is -3.20. The molecule has 0 unspecified atom stereocenters. The fraction of sp³-hybridized carbons (Fsp3) is 0.391. The van der Waals surface area contributed by atoms with Gasteiger partial charge in [-0.1, -0.05) is 13.3 Å². The zero-order valence-corrected chi connectivity index (χ0v) is 19.2. The summed E-state index contributed by atoms with van der Waals surface area (Å²) in [6.07, 6.45) is -12.9. The molecule has 15 heteroatoms. The van der Waals surface area contributed by atoms with Crippen LogP contribution in [0.1, 0.15) is 25.3 Å². The molecule has 1 aliphatic rings. The summed E-state index contributed by atoms with van der Waals surface area (Å²) in [5.41, 5.74) is -2.11. The second-order valence-corrected chi connectivity index (χ2v) is 7.94. The molecule has 2 aromatic rings. The topological polar surface area (TPSA) is 46.2 Å². The van der Waals surface area contributed by atoms with Gasteiger partial charge in [-0.3, -0.25) is 0 Å². The van der Waals surface area contributed by atoms with Gasteiger partial charge in [0, 0.05) is 30.2 Å². The first-order chi connectivity index (χ1) is 17.7. The Bertz CT molecular complexity index is 1120. The molecule has 0 bridgehead atoms. The molecule has 5 nitrogen and oxygen atoms in total. The largest absolute Gasteiger partial charge is 0.453 e. The molecule has 0 atom stereocenters. The van der Waals surface area contributed by atoms with Gasteiger partial charge >= 0.3 is 18.3 Å². The molecular formula is C23H18F10O5. The van der Waals surface area contributed by atoms with Crippen molar-refractivity contribution in [1.82, 2.24) is 0 Å². The van der Waals surface area contributed by atoms with E-state index in [1.54, 1.807) is 0 Å². The smallest absolute Gasteiger partial charge is 0.451 e. The molecule has 210 valence electrons. The predicted molar refractivity (Wildman–Crippen MR) is 108 cm³/mol. The van der Waals surface area contributed by atoms with Crippen LogP contribution in [0.5, 0.6) is 17.2 Å². The lowest BCUT2D eigenvalue weighted by atomic mass is 10.1. The molecule has 1 aliphatic heterocycles. The van der Waals surface area contributed by atoms with Crippen LogP contribution in [0, 0.1) is 29.2 Å². The van der Waals surface area contributed by atoms with Crippen molar-refractivity contribution in [3.63, 3.8) is 0 Å². The summed E-state index contributed by atoms with van der Waals surface area (Å²) in [7, 11) is 0. The van der Waals surface area contributed by atoms with Gasteiger partial charge < -0.3 is 23.7 Å². The summed E-state index contributed by atoms with van der Waals surface area (Å²) in [5.74, 6) is -11.8. The maximum Gasteiger partial charge on any atom is 0.451 e. The second kappa shape index (κ2) is 11.7. The van der Waals surface area contributed by atoms with Crippen LogP contribution in [0.4, 0.5) is 43.9 Å². The average molecular weight is 564 g/mol. The maximum atomic E-state index is 14.5. The number of hydrogen-bond acceptors (Lipinski definition) is 5. The van der Waals surface area contributed by atoms with Crippen molar-refractivity contribution in [3.8, 4) is 17.2 Å². The molecule has 2 aromatic carbocycles. The van der Waals surface area contributed by atoms with Crippen molar-refractivity contribution < 1.29 is 67.6 Å². The van der Waals surface area contributed by atoms with Gasteiger partial charge in [-0.15, -0.1) is 0 Å². The molecule has 0 aromatic heterocycles. The third-order valence-electron chi connectivity index (χ3n) is 4.98. The van der Waals surface area contributed by atoms with E-state index in [1.807, 2.05) is 6.92 Å². The van der Waals surface area contributed by atoms with Crippen molar-refractivity contribution in [2.24, 2.45) is 5.92 Å². The van der Waals surface area contributed by atoms with Crippen LogP contribution in [0.3, 0.4) is 0 Å². The standard InChI is InChI=1S/C23H18F10O5/c1-2-3-11-8-35-21(36-9-11)23(32,33)38-12-4-14(24)19(15(25)5-12)22(30,31)37-13-6-16(26)20(17(27)7-13)34-10-18(28)29/h4-7,10-11,21H,2-3,8-9H2,1H3. The highest BCUT2D eigenvalue weighted by Crippen LogP contribution is 2.39. The van der Waals surface area contributed by atoms with Crippen molar-refractivity contribution in [2.45, 2.75) is 38.3 Å². The van der Waals surface area contributed by atoms with Gasteiger partial charge in [-0.05, 0) is 6.42 Å². The molecular weight excluding hydrogens is 546 g/mol. The maximum absolute atomic E-state index is 14.5. The van der Waals surface area contributed by atoms with Crippen molar-refractivity contribution in [1.29, 1.82) is 0 Å². The number of hydrogen-bond donors (Lipinski definition) is 0. The molecule has 0 aliphatic carbocycles. The van der Waals surface area contributed by atoms with Gasteiger partial charge in [0.05, 0.1) is 13.2 Å². The fourth-order valence-corrected chi connectivity index (χ4v) is 3.41. The van der Waals surface area contributed by atoms with E-state index in [1.165, 1.54) is 0 Å². The first-order valence-electron chi connectivity index (χ1n) is 10.8. The minimum absolute atomic E-state index is 0.00224. The normalized spacial score (nSPS) is 18.2. The molecule has 0 amide bonds. The Balaban J connectivity index is 1.77. The average Bonchev–Trinajstić information content (AvgIpc) is 2.77. The number of ether oxygens (including phenoxy) is 5. The van der Waals surface area contributed by atoms with Crippen LogP contribution in [-0.4, -0.2) is 25.6 Å². The van der Waals surface area contributed by atoms with E-state index in [0.29, 0.717) is 6.42 Å². The van der Waals surface area contributed by atoms with E-state index in [2.05, 4.69) is 14.2 Å². The zero-order chi connectivity index (χ0) is 28.3. The molecule has 3 rings (SSSR count). The van der Waals surface area contributed by atoms with E-state index in [-0.39, 0.29) is 49.7 Å². The van der Waals surface area contributed by atoms with Crippen LogP contribution in [0.25, 0.3) is 0 Å². The van der Waals surface area contributed by atoms with Crippen molar-refractivity contribution in [2.75, 3.05) is 13.2 Å². The molecule has 1 fully saturated rings. The predicted octanol–water partition coefficient (Wildman–Crippen LogP) is 7.25. The van der Waals surface area contributed by atoms with Crippen molar-refractivity contribution >= 4 is 0 Å². The van der Waals surface area contributed by atoms with Crippen molar-refractivity contribution in [3.05, 3.63) is 65.4 Å². The lowest BCUT2D eigenvalue weighted by molar-refractivity contribution is -0.352.